The fraction of sp³-hybridized carbons (Fsp3) is 0.462. The van der Waals surface area contributed by atoms with Crippen molar-refractivity contribution in [3.63, 3.8) is 0 Å². The van der Waals surface area contributed by atoms with Gasteiger partial charge in [-0.15, -0.1) is 5.10 Å². The summed E-state index contributed by atoms with van der Waals surface area (Å²) in [4.78, 5) is 4.47. The third kappa shape index (κ3) is 2.50. The second-order valence-electron chi connectivity index (χ2n) is 5.50. The smallest absolute Gasteiger partial charge is 0.169 e. The molecule has 0 unspecified atom stereocenters. The maximum Gasteiger partial charge on any atom is 0.169 e. The molecule has 0 saturated heterocycles. The van der Waals surface area contributed by atoms with Crippen molar-refractivity contribution in [2.45, 2.75) is 39.7 Å². The van der Waals surface area contributed by atoms with E-state index in [1.54, 1.807) is 0 Å². The molecule has 2 rings (SSSR count). The molecule has 0 spiro atoms. The van der Waals surface area contributed by atoms with Crippen molar-refractivity contribution >= 4 is 5.82 Å². The molecule has 2 aromatic rings. The summed E-state index contributed by atoms with van der Waals surface area (Å²) in [5.41, 5.74) is 8.72. The average molecular weight is 245 g/mol. The Morgan fingerprint density at radius 1 is 1.28 bits per heavy atom. The first-order chi connectivity index (χ1) is 8.38. The average Bonchev–Trinajstić information content (AvgIpc) is 2.59. The number of nitrogens with two attached hydrogens (primary N) is 1. The minimum Gasteiger partial charge on any atom is -0.381 e. The van der Waals surface area contributed by atoms with Crippen LogP contribution in [0.25, 0.3) is 0 Å². The summed E-state index contributed by atoms with van der Waals surface area (Å²) < 4.78 is 1.83. The van der Waals surface area contributed by atoms with E-state index in [4.69, 9.17) is 5.73 Å². The van der Waals surface area contributed by atoms with Crippen LogP contribution in [0, 0.1) is 6.92 Å². The van der Waals surface area contributed by atoms with Crippen molar-refractivity contribution in [2.75, 3.05) is 5.73 Å². The summed E-state index contributed by atoms with van der Waals surface area (Å²) in [6.45, 7) is 8.87. The number of anilines is 1. The summed E-state index contributed by atoms with van der Waals surface area (Å²) in [6.07, 6.45) is 0. The van der Waals surface area contributed by atoms with Crippen LogP contribution in [0.2, 0.25) is 0 Å². The van der Waals surface area contributed by atoms with Crippen LogP contribution in [0.3, 0.4) is 0 Å². The molecule has 18 heavy (non-hydrogen) atoms. The molecule has 96 valence electrons. The molecule has 2 heterocycles. The van der Waals surface area contributed by atoms with Crippen LogP contribution in [0.5, 0.6) is 0 Å². The standard InChI is InChI=1S/C13H19N5/c1-9-6-5-7-10(15-9)8-18-11(13(2,3)4)12(14)16-17-18/h5-7H,8,14H2,1-4H3. The molecule has 0 atom stereocenters. The highest BCUT2D eigenvalue weighted by Crippen LogP contribution is 2.26. The predicted molar refractivity (Wildman–Crippen MR) is 71.2 cm³/mol. The van der Waals surface area contributed by atoms with Crippen molar-refractivity contribution in [1.82, 2.24) is 20.0 Å². The molecule has 0 aliphatic rings. The Balaban J connectivity index is 2.36. The number of aromatic nitrogens is 4. The minimum absolute atomic E-state index is 0.0859. The Hall–Kier alpha value is -1.91. The summed E-state index contributed by atoms with van der Waals surface area (Å²) in [7, 11) is 0. The fourth-order valence-corrected chi connectivity index (χ4v) is 2.05. The van der Waals surface area contributed by atoms with E-state index in [0.717, 1.165) is 17.1 Å². The first-order valence-electron chi connectivity index (χ1n) is 6.00. The molecule has 0 radical (unpaired) electrons. The van der Waals surface area contributed by atoms with E-state index in [2.05, 4.69) is 36.1 Å². The van der Waals surface area contributed by atoms with Crippen molar-refractivity contribution in [3.05, 3.63) is 35.3 Å². The lowest BCUT2D eigenvalue weighted by atomic mass is 9.92. The van der Waals surface area contributed by atoms with Gasteiger partial charge in [0.2, 0.25) is 0 Å². The molecule has 0 aliphatic carbocycles. The topological polar surface area (TPSA) is 69.6 Å². The molecule has 0 bridgehead atoms. The van der Waals surface area contributed by atoms with Gasteiger partial charge in [-0.05, 0) is 19.1 Å². The molecule has 2 N–H and O–H groups in total. The summed E-state index contributed by atoms with van der Waals surface area (Å²) in [5.74, 6) is 0.496. The zero-order valence-corrected chi connectivity index (χ0v) is 11.3. The lowest BCUT2D eigenvalue weighted by molar-refractivity contribution is 0.499. The van der Waals surface area contributed by atoms with Gasteiger partial charge in [-0.1, -0.05) is 32.1 Å². The van der Waals surface area contributed by atoms with Crippen molar-refractivity contribution in [2.24, 2.45) is 0 Å². The Kier molecular flexibility index (Phi) is 3.07. The van der Waals surface area contributed by atoms with E-state index in [0.29, 0.717) is 12.4 Å². The van der Waals surface area contributed by atoms with E-state index in [-0.39, 0.29) is 5.41 Å². The quantitative estimate of drug-likeness (QED) is 0.877. The van der Waals surface area contributed by atoms with Crippen LogP contribution in [-0.2, 0) is 12.0 Å². The second kappa shape index (κ2) is 4.40. The van der Waals surface area contributed by atoms with E-state index in [1.807, 2.05) is 29.8 Å². The van der Waals surface area contributed by atoms with Gasteiger partial charge < -0.3 is 5.73 Å². The molecule has 0 fully saturated rings. The molecular formula is C13H19N5. The Bertz CT molecular complexity index is 551. The van der Waals surface area contributed by atoms with E-state index in [9.17, 15) is 0 Å². The maximum absolute atomic E-state index is 5.90. The highest BCUT2D eigenvalue weighted by molar-refractivity contribution is 5.38. The third-order valence-electron chi connectivity index (χ3n) is 2.73. The maximum atomic E-state index is 5.90. The highest BCUT2D eigenvalue weighted by atomic mass is 15.4. The molecular weight excluding hydrogens is 226 g/mol. The number of nitrogen functional groups attached to an aromatic ring is 1. The Labute approximate surface area is 107 Å². The van der Waals surface area contributed by atoms with Crippen LogP contribution < -0.4 is 5.73 Å². The molecule has 0 aliphatic heterocycles. The van der Waals surface area contributed by atoms with Crippen LogP contribution in [0.4, 0.5) is 5.82 Å². The molecule has 0 saturated carbocycles. The zero-order valence-electron chi connectivity index (χ0n) is 11.3. The summed E-state index contributed by atoms with van der Waals surface area (Å²) >= 11 is 0. The van der Waals surface area contributed by atoms with Gasteiger partial charge in [0.25, 0.3) is 0 Å². The van der Waals surface area contributed by atoms with E-state index in [1.165, 1.54) is 0 Å². The van der Waals surface area contributed by atoms with Crippen molar-refractivity contribution in [1.29, 1.82) is 0 Å². The fourth-order valence-electron chi connectivity index (χ4n) is 2.05. The van der Waals surface area contributed by atoms with Gasteiger partial charge in [0, 0.05) is 11.1 Å². The summed E-state index contributed by atoms with van der Waals surface area (Å²) in [6, 6.07) is 5.95. The number of hydrogen-bond acceptors (Lipinski definition) is 4. The SMILES string of the molecule is Cc1cccc(Cn2nnc(N)c2C(C)(C)C)n1. The van der Waals surface area contributed by atoms with Gasteiger partial charge in [0.05, 0.1) is 17.9 Å². The molecule has 0 aromatic carbocycles. The number of aryl methyl sites for hydroxylation is 1. The normalized spacial score (nSPS) is 11.8. The Morgan fingerprint density at radius 3 is 2.61 bits per heavy atom. The number of nitrogens with zero attached hydrogens (tertiary/aromatic N) is 4. The van der Waals surface area contributed by atoms with Gasteiger partial charge >= 0.3 is 0 Å². The minimum atomic E-state index is -0.0859. The van der Waals surface area contributed by atoms with E-state index >= 15 is 0 Å². The van der Waals surface area contributed by atoms with Gasteiger partial charge in [0.1, 0.15) is 0 Å². The molecule has 0 amide bonds. The van der Waals surface area contributed by atoms with E-state index < -0.39 is 0 Å². The third-order valence-corrected chi connectivity index (χ3v) is 2.73. The largest absolute Gasteiger partial charge is 0.381 e. The van der Waals surface area contributed by atoms with Gasteiger partial charge in [0.15, 0.2) is 5.82 Å². The number of hydrogen-bond donors (Lipinski definition) is 1. The Morgan fingerprint density at radius 2 is 2.00 bits per heavy atom. The predicted octanol–water partition coefficient (Wildman–Crippen LogP) is 1.91. The van der Waals surface area contributed by atoms with Gasteiger partial charge in [-0.2, -0.15) is 0 Å². The van der Waals surface area contributed by atoms with Crippen molar-refractivity contribution in [3.8, 4) is 0 Å². The lowest BCUT2D eigenvalue weighted by Crippen LogP contribution is -2.20. The van der Waals surface area contributed by atoms with Crippen LogP contribution in [0.1, 0.15) is 37.9 Å². The molecule has 5 heteroatoms. The van der Waals surface area contributed by atoms with Gasteiger partial charge in [-0.25, -0.2) is 4.68 Å². The van der Waals surface area contributed by atoms with Crippen molar-refractivity contribution < 1.29 is 0 Å². The highest BCUT2D eigenvalue weighted by Gasteiger charge is 2.24. The molecule has 5 nitrogen and oxygen atoms in total. The lowest BCUT2D eigenvalue weighted by Gasteiger charge is -2.20. The van der Waals surface area contributed by atoms with Crippen LogP contribution in [0.15, 0.2) is 18.2 Å². The van der Waals surface area contributed by atoms with Crippen LogP contribution >= 0.6 is 0 Å². The monoisotopic (exact) mass is 245 g/mol. The summed E-state index contributed by atoms with van der Waals surface area (Å²) in [5, 5.41) is 8.07. The second-order valence-corrected chi connectivity index (χ2v) is 5.50. The van der Waals surface area contributed by atoms with Crippen LogP contribution in [-0.4, -0.2) is 20.0 Å². The van der Waals surface area contributed by atoms with Gasteiger partial charge in [-0.3, -0.25) is 4.98 Å². The zero-order chi connectivity index (χ0) is 13.3. The first-order valence-corrected chi connectivity index (χ1v) is 6.00. The number of rotatable bonds is 2. The number of pyridine rings is 1. The molecule has 2 aromatic heterocycles. The first kappa shape index (κ1) is 12.5.